The van der Waals surface area contributed by atoms with Crippen molar-refractivity contribution in [2.75, 3.05) is 6.54 Å². The molecule has 4 rings (SSSR count). The molecule has 0 aliphatic carbocycles. The van der Waals surface area contributed by atoms with Crippen LogP contribution in [0.15, 0.2) is 91.0 Å². The number of nitrogens with zero attached hydrogens (tertiary/aromatic N) is 1. The van der Waals surface area contributed by atoms with Gasteiger partial charge in [-0.25, -0.2) is 0 Å². The standard InChI is InChI=1S/C28H30N2O/c1-3-22-15-17-24(18-16-22)26-10-7-19-29-27(25-8-5-4-6-9-25)28(31)30(26)20-23-13-11-21(2)12-14-23/h4-18,26-27,29H,3,19-20H2,1-2H3/b10-7-/t26-,27+/m0/s1. The molecule has 0 unspecified atom stereocenters. The SMILES string of the molecule is CCc1ccc([C@@H]2/C=C\CN[C@H](c3ccccc3)C(=O)N2Cc2ccc(C)cc2)cc1. The maximum Gasteiger partial charge on any atom is 0.245 e. The van der Waals surface area contributed by atoms with Gasteiger partial charge in [-0.1, -0.05) is 104 Å². The van der Waals surface area contributed by atoms with Crippen LogP contribution in [0, 0.1) is 6.92 Å². The van der Waals surface area contributed by atoms with Crippen LogP contribution in [-0.4, -0.2) is 17.4 Å². The van der Waals surface area contributed by atoms with Crippen LogP contribution in [0.2, 0.25) is 0 Å². The van der Waals surface area contributed by atoms with Gasteiger partial charge in [-0.15, -0.1) is 0 Å². The van der Waals surface area contributed by atoms with E-state index in [1.807, 2.05) is 35.2 Å². The first kappa shape index (κ1) is 21.1. The van der Waals surface area contributed by atoms with Gasteiger partial charge in [0.2, 0.25) is 5.91 Å². The maximum absolute atomic E-state index is 13.9. The minimum Gasteiger partial charge on any atom is -0.326 e. The third-order valence-electron chi connectivity index (χ3n) is 5.96. The Labute approximate surface area is 185 Å². The fourth-order valence-corrected chi connectivity index (χ4v) is 4.09. The van der Waals surface area contributed by atoms with Gasteiger partial charge < -0.3 is 4.90 Å². The highest BCUT2D eigenvalue weighted by Gasteiger charge is 2.31. The van der Waals surface area contributed by atoms with E-state index in [2.05, 4.69) is 79.8 Å². The van der Waals surface area contributed by atoms with Gasteiger partial charge in [0.05, 0.1) is 6.04 Å². The number of amides is 1. The molecule has 1 aliphatic rings. The molecule has 3 nitrogen and oxygen atoms in total. The first-order valence-electron chi connectivity index (χ1n) is 11.1. The van der Waals surface area contributed by atoms with Gasteiger partial charge in [0.1, 0.15) is 6.04 Å². The number of carbonyl (C=O) groups is 1. The van der Waals surface area contributed by atoms with E-state index < -0.39 is 0 Å². The van der Waals surface area contributed by atoms with E-state index in [0.29, 0.717) is 13.1 Å². The number of hydrogen-bond donors (Lipinski definition) is 1. The number of benzene rings is 3. The minimum atomic E-state index is -0.367. The normalized spacial score (nSPS) is 20.2. The van der Waals surface area contributed by atoms with Crippen LogP contribution in [0.25, 0.3) is 0 Å². The van der Waals surface area contributed by atoms with Crippen LogP contribution in [0.4, 0.5) is 0 Å². The Bertz CT molecular complexity index is 1020. The molecule has 3 aromatic rings. The summed E-state index contributed by atoms with van der Waals surface area (Å²) in [5.74, 6) is 0.0979. The molecule has 0 saturated heterocycles. The average Bonchev–Trinajstić information content (AvgIpc) is 2.81. The van der Waals surface area contributed by atoms with Crippen molar-refractivity contribution in [2.24, 2.45) is 0 Å². The second-order valence-electron chi connectivity index (χ2n) is 8.17. The van der Waals surface area contributed by atoms with Crippen LogP contribution in [0.3, 0.4) is 0 Å². The first-order chi connectivity index (χ1) is 15.2. The molecule has 1 amide bonds. The Balaban J connectivity index is 1.74. The van der Waals surface area contributed by atoms with Crippen LogP contribution >= 0.6 is 0 Å². The fourth-order valence-electron chi connectivity index (χ4n) is 4.09. The molecule has 158 valence electrons. The molecular formula is C28H30N2O. The summed E-state index contributed by atoms with van der Waals surface area (Å²) in [6.45, 7) is 5.47. The van der Waals surface area contributed by atoms with Crippen LogP contribution in [0.1, 0.15) is 46.8 Å². The summed E-state index contributed by atoms with van der Waals surface area (Å²) in [6.07, 6.45) is 5.30. The van der Waals surface area contributed by atoms with Crippen LogP contribution < -0.4 is 5.32 Å². The number of carbonyl (C=O) groups excluding carboxylic acids is 1. The quantitative estimate of drug-likeness (QED) is 0.561. The summed E-state index contributed by atoms with van der Waals surface area (Å²) < 4.78 is 0. The van der Waals surface area contributed by atoms with Crippen molar-refractivity contribution >= 4 is 5.91 Å². The van der Waals surface area contributed by atoms with Gasteiger partial charge in [0.15, 0.2) is 0 Å². The number of nitrogens with one attached hydrogen (secondary N) is 1. The van der Waals surface area contributed by atoms with Gasteiger partial charge in [0.25, 0.3) is 0 Å². The van der Waals surface area contributed by atoms with Crippen molar-refractivity contribution in [3.05, 3.63) is 119 Å². The van der Waals surface area contributed by atoms with Gasteiger partial charge in [-0.05, 0) is 35.6 Å². The minimum absolute atomic E-state index is 0.0979. The Morgan fingerprint density at radius 3 is 2.23 bits per heavy atom. The summed E-state index contributed by atoms with van der Waals surface area (Å²) >= 11 is 0. The molecule has 0 aromatic heterocycles. The van der Waals surface area contributed by atoms with E-state index >= 15 is 0 Å². The highest BCUT2D eigenvalue weighted by molar-refractivity contribution is 5.84. The molecule has 1 heterocycles. The zero-order valence-electron chi connectivity index (χ0n) is 18.3. The molecule has 1 aliphatic heterocycles. The summed E-state index contributed by atoms with van der Waals surface area (Å²) in [4.78, 5) is 15.9. The van der Waals surface area contributed by atoms with Crippen molar-refractivity contribution in [1.82, 2.24) is 10.2 Å². The predicted octanol–water partition coefficient (Wildman–Crippen LogP) is 5.53. The molecular weight excluding hydrogens is 380 g/mol. The smallest absolute Gasteiger partial charge is 0.245 e. The van der Waals surface area contributed by atoms with Crippen molar-refractivity contribution in [3.8, 4) is 0 Å². The maximum atomic E-state index is 13.9. The third-order valence-corrected chi connectivity index (χ3v) is 5.96. The molecule has 1 N–H and O–H groups in total. The lowest BCUT2D eigenvalue weighted by molar-refractivity contribution is -0.136. The number of aryl methyl sites for hydroxylation is 2. The lowest BCUT2D eigenvalue weighted by Gasteiger charge is -2.35. The summed E-state index contributed by atoms with van der Waals surface area (Å²) in [5.41, 5.74) is 5.80. The van der Waals surface area contributed by atoms with E-state index in [1.165, 1.54) is 11.1 Å². The average molecular weight is 411 g/mol. The Hall–Kier alpha value is -3.17. The van der Waals surface area contributed by atoms with Crippen molar-refractivity contribution in [3.63, 3.8) is 0 Å². The molecule has 0 spiro atoms. The van der Waals surface area contributed by atoms with Crippen molar-refractivity contribution < 1.29 is 4.79 Å². The second kappa shape index (κ2) is 9.76. The molecule has 2 atom stereocenters. The second-order valence-corrected chi connectivity index (χ2v) is 8.17. The van der Waals surface area contributed by atoms with Crippen LogP contribution in [-0.2, 0) is 17.8 Å². The highest BCUT2D eigenvalue weighted by atomic mass is 16.2. The zero-order valence-corrected chi connectivity index (χ0v) is 18.3. The van der Waals surface area contributed by atoms with E-state index in [0.717, 1.165) is 23.1 Å². The zero-order chi connectivity index (χ0) is 21.6. The van der Waals surface area contributed by atoms with Crippen molar-refractivity contribution in [2.45, 2.75) is 38.9 Å². The largest absolute Gasteiger partial charge is 0.326 e. The first-order valence-corrected chi connectivity index (χ1v) is 11.1. The lowest BCUT2D eigenvalue weighted by atomic mass is 9.97. The van der Waals surface area contributed by atoms with Gasteiger partial charge in [0, 0.05) is 13.1 Å². The Morgan fingerprint density at radius 2 is 1.55 bits per heavy atom. The highest BCUT2D eigenvalue weighted by Crippen LogP contribution is 2.30. The monoisotopic (exact) mass is 410 g/mol. The van der Waals surface area contributed by atoms with E-state index in [9.17, 15) is 4.79 Å². The summed E-state index contributed by atoms with van der Waals surface area (Å²) in [5, 5.41) is 3.42. The molecule has 3 aromatic carbocycles. The summed E-state index contributed by atoms with van der Waals surface area (Å²) in [7, 11) is 0. The number of rotatable bonds is 5. The van der Waals surface area contributed by atoms with E-state index in [4.69, 9.17) is 0 Å². The van der Waals surface area contributed by atoms with E-state index in [1.54, 1.807) is 0 Å². The van der Waals surface area contributed by atoms with Gasteiger partial charge >= 0.3 is 0 Å². The number of hydrogen-bond acceptors (Lipinski definition) is 2. The molecule has 0 bridgehead atoms. The Morgan fingerprint density at radius 1 is 0.871 bits per heavy atom. The molecule has 3 heteroatoms. The Kier molecular flexibility index (Phi) is 6.63. The molecule has 0 saturated carbocycles. The van der Waals surface area contributed by atoms with Gasteiger partial charge in [-0.3, -0.25) is 10.1 Å². The van der Waals surface area contributed by atoms with Gasteiger partial charge in [-0.2, -0.15) is 0 Å². The van der Waals surface area contributed by atoms with Crippen LogP contribution in [0.5, 0.6) is 0 Å². The fraction of sp³-hybridized carbons (Fsp3) is 0.250. The van der Waals surface area contributed by atoms with Crippen molar-refractivity contribution in [1.29, 1.82) is 0 Å². The third kappa shape index (κ3) is 4.95. The summed E-state index contributed by atoms with van der Waals surface area (Å²) in [6, 6.07) is 26.7. The lowest BCUT2D eigenvalue weighted by Crippen LogP contribution is -2.43. The predicted molar refractivity (Wildman–Crippen MR) is 127 cm³/mol. The molecule has 0 fully saturated rings. The molecule has 31 heavy (non-hydrogen) atoms. The van der Waals surface area contributed by atoms with E-state index in [-0.39, 0.29) is 18.0 Å². The topological polar surface area (TPSA) is 32.3 Å². The molecule has 0 radical (unpaired) electrons.